The van der Waals surface area contributed by atoms with Crippen molar-refractivity contribution in [2.24, 2.45) is 0 Å². The van der Waals surface area contributed by atoms with Crippen LogP contribution in [0.1, 0.15) is 26.2 Å². The Hall–Kier alpha value is 0.501. The minimum absolute atomic E-state index is 0. The summed E-state index contributed by atoms with van der Waals surface area (Å²) in [6.45, 7) is 4.85. The second-order valence-electron chi connectivity index (χ2n) is 5.30. The van der Waals surface area contributed by atoms with Crippen LogP contribution in [0.25, 0.3) is 0 Å². The van der Waals surface area contributed by atoms with Gasteiger partial charge in [0.1, 0.15) is 0 Å². The van der Waals surface area contributed by atoms with E-state index in [4.69, 9.17) is 0 Å². The third kappa shape index (κ3) is 5.57. The average molecular weight is 396 g/mol. The normalized spacial score (nSPS) is 15.6. The molecule has 0 spiro atoms. The minimum atomic E-state index is -1.48. The molecule has 1 aliphatic rings. The monoisotopic (exact) mass is 394 g/mol. The summed E-state index contributed by atoms with van der Waals surface area (Å²) in [5, 5.41) is 3.28. The fraction of sp³-hybridized carbons (Fsp3) is 0.375. The number of hydrogen-bond acceptors (Lipinski definition) is 0. The van der Waals surface area contributed by atoms with Gasteiger partial charge in [-0.25, -0.2) is 0 Å². The Labute approximate surface area is 160 Å². The second kappa shape index (κ2) is 11.1. The van der Waals surface area contributed by atoms with Crippen molar-refractivity contribution >= 4 is 13.3 Å². The molecule has 1 aliphatic carbocycles. The van der Waals surface area contributed by atoms with Crippen LogP contribution in [0.2, 0.25) is 12.6 Å². The van der Waals surface area contributed by atoms with Crippen molar-refractivity contribution in [1.82, 2.24) is 0 Å². The maximum atomic E-state index is 2.55. The molecule has 0 heterocycles. The number of benzene rings is 1. The molecule has 0 saturated heterocycles. The van der Waals surface area contributed by atoms with Crippen molar-refractivity contribution in [1.29, 1.82) is 0 Å². The van der Waals surface area contributed by atoms with Crippen LogP contribution in [0.5, 0.6) is 0 Å². The fourth-order valence-electron chi connectivity index (χ4n) is 2.79. The number of allylic oxidation sites excluding steroid dienone is 4. The Kier molecular flexibility index (Phi) is 12.6. The third-order valence-corrected chi connectivity index (χ3v) is 9.72. The Bertz CT molecular complexity index is 474. The van der Waals surface area contributed by atoms with Crippen LogP contribution < -0.4 is 42.4 Å². The van der Waals surface area contributed by atoms with Gasteiger partial charge in [-0.3, -0.25) is 0 Å². The van der Waals surface area contributed by atoms with Gasteiger partial charge in [-0.1, -0.05) is 0 Å². The summed E-state index contributed by atoms with van der Waals surface area (Å²) in [5.74, 6) is 0. The van der Waals surface area contributed by atoms with E-state index in [0.717, 1.165) is 6.42 Å². The molecule has 0 radical (unpaired) electrons. The zero-order chi connectivity index (χ0) is 13.0. The van der Waals surface area contributed by atoms with Gasteiger partial charge in [-0.2, -0.15) is 0 Å². The molecule has 0 N–H and O–H groups in total. The fourth-order valence-corrected chi connectivity index (χ4v) is 8.51. The van der Waals surface area contributed by atoms with Crippen molar-refractivity contribution in [2.75, 3.05) is 0 Å². The Morgan fingerprint density at radius 2 is 1.71 bits per heavy atom. The van der Waals surface area contributed by atoms with E-state index in [9.17, 15) is 0 Å². The van der Waals surface area contributed by atoms with Crippen molar-refractivity contribution in [3.8, 4) is 0 Å². The first kappa shape index (κ1) is 23.8. The van der Waals surface area contributed by atoms with E-state index in [1.54, 1.807) is 14.3 Å². The van der Waals surface area contributed by atoms with Crippen LogP contribution in [0.15, 0.2) is 51.6 Å². The van der Waals surface area contributed by atoms with Crippen LogP contribution in [0.3, 0.4) is 0 Å². The summed E-state index contributed by atoms with van der Waals surface area (Å²) >= 11 is 2.31. The average Bonchev–Trinajstić information content (AvgIpc) is 2.84. The zero-order valence-electron chi connectivity index (χ0n) is 12.5. The number of rotatable bonds is 5. The maximum Gasteiger partial charge on any atom is -1.00 e. The van der Waals surface area contributed by atoms with E-state index in [2.05, 4.69) is 76.4 Å². The van der Waals surface area contributed by atoms with Gasteiger partial charge in [0.05, 0.1) is 0 Å². The SMILES string of the molecule is CCCC[Si](C)(C1=[C]([Ti+3])CC=C1)c1ccccc1.[Cl-].[Cl-].[Cl-]. The molecule has 1 atom stereocenters. The quantitative estimate of drug-likeness (QED) is 0.439. The number of hydrogen-bond donors (Lipinski definition) is 0. The molecular formula is C16H21Cl3SiTi. The topological polar surface area (TPSA) is 0 Å². The van der Waals surface area contributed by atoms with Gasteiger partial charge in [-0.15, -0.1) is 0 Å². The van der Waals surface area contributed by atoms with E-state index in [-0.39, 0.29) is 37.2 Å². The molecule has 0 aromatic heterocycles. The summed E-state index contributed by atoms with van der Waals surface area (Å²) in [6, 6.07) is 12.6. The van der Waals surface area contributed by atoms with Crippen molar-refractivity contribution in [3.63, 3.8) is 0 Å². The van der Waals surface area contributed by atoms with Gasteiger partial charge >= 0.3 is 124 Å². The van der Waals surface area contributed by atoms with Crippen LogP contribution >= 0.6 is 0 Å². The summed E-state index contributed by atoms with van der Waals surface area (Å²) in [7, 11) is -1.48. The second-order valence-corrected chi connectivity index (χ2v) is 10.5. The standard InChI is InChI=1S/C16H21Si.3ClH.Ti/c1-3-4-14-17(2,16-12-8-9-13-16)15-10-6-5-7-11-15;;;;/h5-8,10-12H,3-4,9,14H2,1-2H3;3*1H;/q;;;;+3/p-3. The van der Waals surface area contributed by atoms with Gasteiger partial charge < -0.3 is 37.2 Å². The molecule has 0 amide bonds. The van der Waals surface area contributed by atoms with Crippen LogP contribution in [0, 0.1) is 0 Å². The predicted octanol–water partition coefficient (Wildman–Crippen LogP) is -4.92. The molecular weight excluding hydrogens is 374 g/mol. The summed E-state index contributed by atoms with van der Waals surface area (Å²) in [5.41, 5.74) is 0. The molecule has 2 rings (SSSR count). The molecule has 114 valence electrons. The van der Waals surface area contributed by atoms with Crippen molar-refractivity contribution in [3.05, 3.63) is 51.6 Å². The van der Waals surface area contributed by atoms with E-state index < -0.39 is 8.07 Å². The number of unbranched alkanes of at least 4 members (excludes halogenated alkanes) is 1. The van der Waals surface area contributed by atoms with Gasteiger partial charge in [0, 0.05) is 0 Å². The van der Waals surface area contributed by atoms with Crippen LogP contribution in [-0.2, 0) is 20.4 Å². The van der Waals surface area contributed by atoms with Gasteiger partial charge in [0.2, 0.25) is 0 Å². The largest absolute Gasteiger partial charge is 1.00 e. The van der Waals surface area contributed by atoms with Crippen LogP contribution in [-0.4, -0.2) is 8.07 Å². The minimum Gasteiger partial charge on any atom is -1.00 e. The summed E-state index contributed by atoms with van der Waals surface area (Å²) in [4.78, 5) is 0. The molecule has 0 fully saturated rings. The first-order chi connectivity index (χ1) is 8.68. The van der Waals surface area contributed by atoms with E-state index in [1.807, 2.05) is 0 Å². The molecule has 0 nitrogen and oxygen atoms in total. The van der Waals surface area contributed by atoms with E-state index >= 15 is 0 Å². The molecule has 1 aromatic carbocycles. The zero-order valence-corrected chi connectivity index (χ0v) is 17.3. The predicted molar refractivity (Wildman–Crippen MR) is 78.2 cm³/mol. The molecule has 0 saturated carbocycles. The summed E-state index contributed by atoms with van der Waals surface area (Å²) < 4.78 is 1.60. The third-order valence-electron chi connectivity index (χ3n) is 3.97. The van der Waals surface area contributed by atoms with Crippen molar-refractivity contribution in [2.45, 2.75) is 38.8 Å². The smallest absolute Gasteiger partial charge is 1.00 e. The first-order valence-corrected chi connectivity index (χ1v) is 10.3. The van der Waals surface area contributed by atoms with E-state index in [1.165, 1.54) is 18.9 Å². The Morgan fingerprint density at radius 1 is 1.10 bits per heavy atom. The van der Waals surface area contributed by atoms with Gasteiger partial charge in [-0.05, 0) is 0 Å². The van der Waals surface area contributed by atoms with Gasteiger partial charge in [0.15, 0.2) is 0 Å². The molecule has 1 unspecified atom stereocenters. The number of halogens is 3. The molecule has 0 bridgehead atoms. The summed E-state index contributed by atoms with van der Waals surface area (Å²) in [6.07, 6.45) is 8.56. The Morgan fingerprint density at radius 3 is 2.19 bits per heavy atom. The maximum absolute atomic E-state index is 2.55. The van der Waals surface area contributed by atoms with Crippen molar-refractivity contribution < 1.29 is 57.7 Å². The molecule has 1 aromatic rings. The molecule has 0 aliphatic heterocycles. The molecule has 21 heavy (non-hydrogen) atoms. The molecule has 5 heteroatoms. The van der Waals surface area contributed by atoms with Gasteiger partial charge in [0.25, 0.3) is 0 Å². The van der Waals surface area contributed by atoms with Crippen LogP contribution in [0.4, 0.5) is 0 Å². The first-order valence-electron chi connectivity index (χ1n) is 6.86. The van der Waals surface area contributed by atoms with E-state index in [0.29, 0.717) is 0 Å². The Balaban J connectivity index is 0.